The highest BCUT2D eigenvalue weighted by Crippen LogP contribution is 2.26. The molecule has 1 aromatic carbocycles. The predicted octanol–water partition coefficient (Wildman–Crippen LogP) is 3.92. The molecule has 0 radical (unpaired) electrons. The Morgan fingerprint density at radius 2 is 2.11 bits per heavy atom. The first-order valence-corrected chi connectivity index (χ1v) is 12.1. The number of benzene rings is 1. The van der Waals surface area contributed by atoms with Crippen molar-refractivity contribution in [2.75, 3.05) is 32.7 Å². The van der Waals surface area contributed by atoms with Gasteiger partial charge in [-0.25, -0.2) is 14.4 Å². The summed E-state index contributed by atoms with van der Waals surface area (Å²) in [5.74, 6) is -0.949. The van der Waals surface area contributed by atoms with E-state index in [9.17, 15) is 14.4 Å². The van der Waals surface area contributed by atoms with E-state index < -0.39 is 5.82 Å². The van der Waals surface area contributed by atoms with Crippen LogP contribution in [0.25, 0.3) is 22.3 Å². The lowest BCUT2D eigenvalue weighted by Gasteiger charge is -2.25. The number of rotatable bonds is 6. The summed E-state index contributed by atoms with van der Waals surface area (Å²) in [6.07, 6.45) is 8.03. The van der Waals surface area contributed by atoms with Gasteiger partial charge < -0.3 is 9.88 Å². The molecule has 3 aromatic heterocycles. The van der Waals surface area contributed by atoms with E-state index in [2.05, 4.69) is 31.0 Å². The van der Waals surface area contributed by atoms with Gasteiger partial charge in [-0.2, -0.15) is 10.4 Å². The molecular formula is C25H24ClFN8O. The molecule has 1 amide bonds. The molecule has 1 unspecified atom stereocenters. The monoisotopic (exact) mass is 506 g/mol. The van der Waals surface area contributed by atoms with Gasteiger partial charge in [-0.3, -0.25) is 14.4 Å². The second-order valence-corrected chi connectivity index (χ2v) is 9.19. The number of hydrogen-bond donors (Lipinski definition) is 1. The Morgan fingerprint density at radius 1 is 1.22 bits per heavy atom. The summed E-state index contributed by atoms with van der Waals surface area (Å²) in [6.45, 7) is 2.99. The number of carbonyl (C=O) groups excluding carboxylic acids is 1. The summed E-state index contributed by atoms with van der Waals surface area (Å²) in [5, 5.41) is 15.2. The highest BCUT2D eigenvalue weighted by atomic mass is 35.5. The van der Waals surface area contributed by atoms with Gasteiger partial charge in [0.2, 0.25) is 0 Å². The van der Waals surface area contributed by atoms with Gasteiger partial charge in [0.05, 0.1) is 36.0 Å². The molecule has 36 heavy (non-hydrogen) atoms. The maximum absolute atomic E-state index is 14.3. The Kier molecular flexibility index (Phi) is 6.93. The molecule has 1 aliphatic rings. The quantitative estimate of drug-likeness (QED) is 0.425. The van der Waals surface area contributed by atoms with Gasteiger partial charge in [0.25, 0.3) is 5.91 Å². The highest BCUT2D eigenvalue weighted by Gasteiger charge is 2.25. The van der Waals surface area contributed by atoms with E-state index in [-0.39, 0.29) is 22.5 Å². The summed E-state index contributed by atoms with van der Waals surface area (Å²) >= 11 is 5.82. The number of fused-ring (bicyclic) bond motifs is 1. The van der Waals surface area contributed by atoms with Crippen molar-refractivity contribution in [2.45, 2.75) is 18.9 Å². The minimum atomic E-state index is -0.613. The Morgan fingerprint density at radius 3 is 2.94 bits per heavy atom. The average Bonchev–Trinajstić information content (AvgIpc) is 3.49. The third-order valence-corrected chi connectivity index (χ3v) is 6.67. The fraction of sp³-hybridized carbons (Fsp3) is 0.320. The molecule has 4 heterocycles. The van der Waals surface area contributed by atoms with Crippen LogP contribution in [-0.4, -0.2) is 73.2 Å². The van der Waals surface area contributed by atoms with Crippen molar-refractivity contribution >= 4 is 28.5 Å². The minimum Gasteiger partial charge on any atom is -0.346 e. The second kappa shape index (κ2) is 10.4. The van der Waals surface area contributed by atoms with Gasteiger partial charge in [0.15, 0.2) is 0 Å². The molecule has 4 aromatic rings. The van der Waals surface area contributed by atoms with Gasteiger partial charge in [0, 0.05) is 54.5 Å². The van der Waals surface area contributed by atoms with E-state index in [1.807, 2.05) is 23.1 Å². The summed E-state index contributed by atoms with van der Waals surface area (Å²) in [7, 11) is 0. The molecule has 0 spiro atoms. The lowest BCUT2D eigenvalue weighted by atomic mass is 10.1. The molecule has 0 aliphatic carbocycles. The topological polar surface area (TPSA) is 107 Å². The van der Waals surface area contributed by atoms with Crippen LogP contribution < -0.4 is 0 Å². The van der Waals surface area contributed by atoms with Crippen LogP contribution >= 0.6 is 11.6 Å². The predicted molar refractivity (Wildman–Crippen MR) is 133 cm³/mol. The number of hydrogen-bond acceptors (Lipinski definition) is 6. The largest absolute Gasteiger partial charge is 0.346 e. The number of halogens is 2. The van der Waals surface area contributed by atoms with E-state index >= 15 is 0 Å². The molecule has 0 saturated carbocycles. The lowest BCUT2D eigenvalue weighted by molar-refractivity contribution is 0.0756. The van der Waals surface area contributed by atoms with E-state index in [0.717, 1.165) is 41.3 Å². The lowest BCUT2D eigenvalue weighted by Crippen LogP contribution is -2.37. The number of nitrogens with zero attached hydrogens (tertiary/aromatic N) is 7. The van der Waals surface area contributed by atoms with Gasteiger partial charge in [-0.1, -0.05) is 11.6 Å². The molecule has 1 atom stereocenters. The number of carbonyl (C=O) groups is 1. The van der Waals surface area contributed by atoms with Gasteiger partial charge in [-0.15, -0.1) is 0 Å². The maximum atomic E-state index is 14.3. The van der Waals surface area contributed by atoms with Crippen LogP contribution in [0.3, 0.4) is 0 Å². The molecular weight excluding hydrogens is 483 g/mol. The van der Waals surface area contributed by atoms with Crippen LogP contribution in [0.1, 0.15) is 29.2 Å². The third kappa shape index (κ3) is 4.94. The molecule has 184 valence electrons. The molecule has 1 N–H and O–H groups in total. The Bertz CT molecular complexity index is 1430. The molecule has 1 aliphatic heterocycles. The fourth-order valence-electron chi connectivity index (χ4n) is 4.60. The SMILES string of the molecule is N#CCC(CN1CCCN(C(=O)c2ccc(Cl)cc2F)CC1)n1cc(-c2ncnc3[nH]ccc23)cn1. The van der Waals surface area contributed by atoms with Crippen LogP contribution in [0, 0.1) is 17.1 Å². The van der Waals surface area contributed by atoms with Crippen molar-refractivity contribution < 1.29 is 9.18 Å². The fourth-order valence-corrected chi connectivity index (χ4v) is 4.76. The number of aromatic nitrogens is 5. The zero-order valence-corrected chi connectivity index (χ0v) is 20.2. The van der Waals surface area contributed by atoms with Crippen molar-refractivity contribution in [2.24, 2.45) is 0 Å². The van der Waals surface area contributed by atoms with Crippen molar-refractivity contribution in [1.82, 2.24) is 34.5 Å². The standard InChI is InChI=1S/C25H24ClFN8O/c26-18-2-3-20(22(27)12-18)25(36)34-9-1-8-33(10-11-34)15-19(4-6-28)35-14-17(13-32-35)23-21-5-7-29-24(21)31-16-30-23/h2-3,5,7,12-14,16,19H,1,4,8-11,15H2,(H,29,30,31). The summed E-state index contributed by atoms with van der Waals surface area (Å²) in [5.41, 5.74) is 2.41. The van der Waals surface area contributed by atoms with Gasteiger partial charge in [0.1, 0.15) is 17.8 Å². The first kappa shape index (κ1) is 23.9. The van der Waals surface area contributed by atoms with Gasteiger partial charge >= 0.3 is 0 Å². The molecule has 0 bridgehead atoms. The van der Waals surface area contributed by atoms with Crippen molar-refractivity contribution in [3.63, 3.8) is 0 Å². The summed E-state index contributed by atoms with van der Waals surface area (Å²) in [4.78, 5) is 28.5. The van der Waals surface area contributed by atoms with E-state index in [0.29, 0.717) is 32.6 Å². The number of nitriles is 1. The van der Waals surface area contributed by atoms with Crippen LogP contribution in [0.2, 0.25) is 5.02 Å². The van der Waals surface area contributed by atoms with Crippen LogP contribution in [0.5, 0.6) is 0 Å². The zero-order chi connectivity index (χ0) is 25.1. The normalized spacial score (nSPS) is 15.5. The maximum Gasteiger partial charge on any atom is 0.256 e. The smallest absolute Gasteiger partial charge is 0.256 e. The summed E-state index contributed by atoms with van der Waals surface area (Å²) < 4.78 is 16.1. The molecule has 5 rings (SSSR count). The van der Waals surface area contributed by atoms with Crippen molar-refractivity contribution in [3.05, 3.63) is 65.6 Å². The zero-order valence-electron chi connectivity index (χ0n) is 19.4. The van der Waals surface area contributed by atoms with Gasteiger partial charge in [-0.05, 0) is 37.2 Å². The molecule has 11 heteroatoms. The number of amides is 1. The number of H-pyrrole nitrogens is 1. The van der Waals surface area contributed by atoms with Crippen LogP contribution in [0.4, 0.5) is 4.39 Å². The summed E-state index contributed by atoms with van der Waals surface area (Å²) in [6, 6.07) is 8.14. The van der Waals surface area contributed by atoms with E-state index in [4.69, 9.17) is 11.6 Å². The molecule has 9 nitrogen and oxygen atoms in total. The Labute approximate surface area is 212 Å². The van der Waals surface area contributed by atoms with Crippen LogP contribution in [-0.2, 0) is 0 Å². The molecule has 1 saturated heterocycles. The third-order valence-electron chi connectivity index (χ3n) is 6.44. The second-order valence-electron chi connectivity index (χ2n) is 8.76. The first-order chi connectivity index (χ1) is 17.5. The minimum absolute atomic E-state index is 0.0283. The van der Waals surface area contributed by atoms with E-state index in [1.165, 1.54) is 18.5 Å². The Balaban J connectivity index is 1.28. The molecule has 1 fully saturated rings. The van der Waals surface area contributed by atoms with E-state index in [1.54, 1.807) is 11.1 Å². The first-order valence-electron chi connectivity index (χ1n) is 11.7. The average molecular weight is 507 g/mol. The highest BCUT2D eigenvalue weighted by molar-refractivity contribution is 6.30. The number of nitrogens with one attached hydrogen (secondary N) is 1. The van der Waals surface area contributed by atoms with Crippen molar-refractivity contribution in [3.8, 4) is 17.3 Å². The Hall–Kier alpha value is -3.81. The van der Waals surface area contributed by atoms with Crippen molar-refractivity contribution in [1.29, 1.82) is 5.26 Å². The van der Waals surface area contributed by atoms with Crippen LogP contribution in [0.15, 0.2) is 49.2 Å². The number of aromatic amines is 1.